The summed E-state index contributed by atoms with van der Waals surface area (Å²) in [4.78, 5) is 24.9. The largest absolute Gasteiger partial charge is 0.493 e. The molecule has 0 aliphatic carbocycles. The van der Waals surface area contributed by atoms with E-state index in [0.717, 1.165) is 23.3 Å². The fourth-order valence-corrected chi connectivity index (χ4v) is 3.28. The van der Waals surface area contributed by atoms with Gasteiger partial charge < -0.3 is 15.4 Å². The number of nitrogens with one attached hydrogen (secondary N) is 2. The van der Waals surface area contributed by atoms with Gasteiger partial charge in [-0.1, -0.05) is 29.8 Å². The van der Waals surface area contributed by atoms with Crippen LogP contribution in [0.15, 0.2) is 72.8 Å². The number of rotatable bonds is 5. The molecule has 1 aliphatic rings. The van der Waals surface area contributed by atoms with Gasteiger partial charge in [0.05, 0.1) is 18.0 Å². The van der Waals surface area contributed by atoms with E-state index < -0.39 is 0 Å². The number of hydrogen-bond acceptors (Lipinski definition) is 3. The van der Waals surface area contributed by atoms with Crippen LogP contribution in [0.4, 0.5) is 11.4 Å². The van der Waals surface area contributed by atoms with E-state index in [1.807, 2.05) is 18.2 Å². The summed E-state index contributed by atoms with van der Waals surface area (Å²) in [5, 5.41) is 6.19. The average Bonchev–Trinajstić information content (AvgIpc) is 3.22. The average molecular weight is 419 g/mol. The van der Waals surface area contributed by atoms with E-state index in [9.17, 15) is 9.59 Å². The molecule has 150 valence electrons. The molecular formula is C24H19ClN2O3. The maximum atomic E-state index is 12.5. The maximum absolute atomic E-state index is 12.5. The Kier molecular flexibility index (Phi) is 5.82. The van der Waals surface area contributed by atoms with E-state index in [1.165, 1.54) is 6.08 Å². The van der Waals surface area contributed by atoms with Gasteiger partial charge in [0.1, 0.15) is 5.75 Å². The Hall–Kier alpha value is -3.57. The Morgan fingerprint density at radius 3 is 2.43 bits per heavy atom. The molecule has 30 heavy (non-hydrogen) atoms. The van der Waals surface area contributed by atoms with Crippen molar-refractivity contribution in [1.82, 2.24) is 0 Å². The molecule has 2 N–H and O–H groups in total. The SMILES string of the molecule is O=C(/C=C/c1ccc2c(c1)CCO2)Nc1ccccc1NC(=O)c1ccc(Cl)cc1. The van der Waals surface area contributed by atoms with Gasteiger partial charge in [0.25, 0.3) is 5.91 Å². The first-order valence-corrected chi connectivity index (χ1v) is 9.87. The minimum Gasteiger partial charge on any atom is -0.493 e. The normalized spacial score (nSPS) is 12.3. The van der Waals surface area contributed by atoms with Gasteiger partial charge in [0, 0.05) is 23.1 Å². The predicted octanol–water partition coefficient (Wildman–Crippen LogP) is 5.18. The molecule has 0 atom stereocenters. The van der Waals surface area contributed by atoms with Crippen molar-refractivity contribution in [3.05, 3.63) is 94.5 Å². The quantitative estimate of drug-likeness (QED) is 0.561. The number of fused-ring (bicyclic) bond motifs is 1. The van der Waals surface area contributed by atoms with Crippen LogP contribution in [-0.2, 0) is 11.2 Å². The summed E-state index contributed by atoms with van der Waals surface area (Å²) < 4.78 is 5.50. The van der Waals surface area contributed by atoms with Gasteiger partial charge >= 0.3 is 0 Å². The molecule has 2 amide bonds. The fraction of sp³-hybridized carbons (Fsp3) is 0.0833. The lowest BCUT2D eigenvalue weighted by atomic mass is 10.1. The number of anilines is 2. The van der Waals surface area contributed by atoms with Crippen LogP contribution in [0.5, 0.6) is 5.75 Å². The van der Waals surface area contributed by atoms with E-state index in [0.29, 0.717) is 28.6 Å². The summed E-state index contributed by atoms with van der Waals surface area (Å²) in [5.41, 5.74) is 3.57. The fourth-order valence-electron chi connectivity index (χ4n) is 3.15. The van der Waals surface area contributed by atoms with E-state index in [-0.39, 0.29) is 11.8 Å². The molecular weight excluding hydrogens is 400 g/mol. The number of carbonyl (C=O) groups is 2. The van der Waals surface area contributed by atoms with Crippen molar-refractivity contribution >= 4 is 40.9 Å². The molecule has 0 bridgehead atoms. The monoisotopic (exact) mass is 418 g/mol. The van der Waals surface area contributed by atoms with Crippen LogP contribution in [0.1, 0.15) is 21.5 Å². The van der Waals surface area contributed by atoms with Gasteiger partial charge in [-0.2, -0.15) is 0 Å². The van der Waals surface area contributed by atoms with Crippen LogP contribution in [0.3, 0.4) is 0 Å². The summed E-state index contributed by atoms with van der Waals surface area (Å²) in [6.45, 7) is 0.696. The Labute approximate surface area is 179 Å². The van der Waals surface area contributed by atoms with Gasteiger partial charge in [-0.05, 0) is 65.7 Å². The molecule has 0 unspecified atom stereocenters. The minimum absolute atomic E-state index is 0.288. The Morgan fingerprint density at radius 1 is 0.933 bits per heavy atom. The molecule has 3 aromatic rings. The minimum atomic E-state index is -0.292. The van der Waals surface area contributed by atoms with E-state index >= 15 is 0 Å². The number of hydrogen-bond donors (Lipinski definition) is 2. The molecule has 1 heterocycles. The number of ether oxygens (including phenoxy) is 1. The highest BCUT2D eigenvalue weighted by Crippen LogP contribution is 2.26. The second-order valence-corrected chi connectivity index (χ2v) is 7.23. The molecule has 0 aromatic heterocycles. The van der Waals surface area contributed by atoms with Crippen molar-refractivity contribution < 1.29 is 14.3 Å². The van der Waals surface area contributed by atoms with Crippen LogP contribution < -0.4 is 15.4 Å². The molecule has 0 fully saturated rings. The van der Waals surface area contributed by atoms with Crippen molar-refractivity contribution in [1.29, 1.82) is 0 Å². The summed E-state index contributed by atoms with van der Waals surface area (Å²) in [7, 11) is 0. The first-order valence-electron chi connectivity index (χ1n) is 9.49. The van der Waals surface area contributed by atoms with Crippen LogP contribution in [0, 0.1) is 0 Å². The molecule has 0 saturated carbocycles. The summed E-state index contributed by atoms with van der Waals surface area (Å²) >= 11 is 5.87. The number of halogens is 1. The summed E-state index contributed by atoms with van der Waals surface area (Å²) in [6.07, 6.45) is 4.10. The number of carbonyl (C=O) groups excluding carboxylic acids is 2. The first-order chi connectivity index (χ1) is 14.6. The Bertz CT molecular complexity index is 1120. The lowest BCUT2D eigenvalue weighted by Gasteiger charge is -2.11. The summed E-state index contributed by atoms with van der Waals surface area (Å²) in [6, 6.07) is 19.5. The third kappa shape index (κ3) is 4.70. The van der Waals surface area contributed by atoms with Gasteiger partial charge in [-0.25, -0.2) is 0 Å². The van der Waals surface area contributed by atoms with Gasteiger partial charge in [0.15, 0.2) is 0 Å². The lowest BCUT2D eigenvalue weighted by Crippen LogP contribution is -2.15. The second kappa shape index (κ2) is 8.84. The molecule has 6 heteroatoms. The van der Waals surface area contributed by atoms with Gasteiger partial charge in [-0.3, -0.25) is 9.59 Å². The van der Waals surface area contributed by atoms with Crippen molar-refractivity contribution in [3.8, 4) is 5.75 Å². The standard InChI is InChI=1S/C24H19ClN2O3/c25-19-9-7-17(8-10-19)24(29)27-21-4-2-1-3-20(21)26-23(28)12-6-16-5-11-22-18(15-16)13-14-30-22/h1-12,15H,13-14H2,(H,26,28)(H,27,29)/b12-6+. The third-order valence-corrected chi connectivity index (χ3v) is 4.93. The Morgan fingerprint density at radius 2 is 1.67 bits per heavy atom. The van der Waals surface area contributed by atoms with Crippen LogP contribution in [0.25, 0.3) is 6.08 Å². The van der Waals surface area contributed by atoms with Gasteiger partial charge in [0.2, 0.25) is 5.91 Å². The number of para-hydroxylation sites is 2. The lowest BCUT2D eigenvalue weighted by molar-refractivity contribution is -0.111. The van der Waals surface area contributed by atoms with Crippen molar-refractivity contribution in [2.45, 2.75) is 6.42 Å². The number of amides is 2. The molecule has 0 radical (unpaired) electrons. The van der Waals surface area contributed by atoms with Crippen molar-refractivity contribution in [2.24, 2.45) is 0 Å². The smallest absolute Gasteiger partial charge is 0.255 e. The van der Waals surface area contributed by atoms with Crippen LogP contribution in [0.2, 0.25) is 5.02 Å². The highest BCUT2D eigenvalue weighted by molar-refractivity contribution is 6.30. The van der Waals surface area contributed by atoms with Crippen molar-refractivity contribution in [2.75, 3.05) is 17.2 Å². The molecule has 0 saturated heterocycles. The van der Waals surface area contributed by atoms with E-state index in [4.69, 9.17) is 16.3 Å². The summed E-state index contributed by atoms with van der Waals surface area (Å²) in [5.74, 6) is 0.325. The predicted molar refractivity (Wildman–Crippen MR) is 119 cm³/mol. The van der Waals surface area contributed by atoms with Crippen LogP contribution in [-0.4, -0.2) is 18.4 Å². The van der Waals surface area contributed by atoms with E-state index in [2.05, 4.69) is 10.6 Å². The zero-order chi connectivity index (χ0) is 20.9. The maximum Gasteiger partial charge on any atom is 0.255 e. The second-order valence-electron chi connectivity index (χ2n) is 6.79. The molecule has 0 spiro atoms. The van der Waals surface area contributed by atoms with Gasteiger partial charge in [-0.15, -0.1) is 0 Å². The first kappa shape index (κ1) is 19.7. The zero-order valence-electron chi connectivity index (χ0n) is 16.0. The highest BCUT2D eigenvalue weighted by Gasteiger charge is 2.12. The highest BCUT2D eigenvalue weighted by atomic mass is 35.5. The molecule has 4 rings (SSSR count). The molecule has 1 aliphatic heterocycles. The Balaban J connectivity index is 1.43. The third-order valence-electron chi connectivity index (χ3n) is 4.68. The molecule has 5 nitrogen and oxygen atoms in total. The molecule has 3 aromatic carbocycles. The van der Waals surface area contributed by atoms with Crippen molar-refractivity contribution in [3.63, 3.8) is 0 Å². The van der Waals surface area contributed by atoms with Crippen LogP contribution >= 0.6 is 11.6 Å². The van der Waals surface area contributed by atoms with E-state index in [1.54, 1.807) is 54.6 Å². The topological polar surface area (TPSA) is 67.4 Å². The number of benzene rings is 3. The zero-order valence-corrected chi connectivity index (χ0v) is 16.8.